The molecule has 156 valence electrons. The number of nitrogens with zero attached hydrogens (tertiary/aromatic N) is 1. The lowest BCUT2D eigenvalue weighted by molar-refractivity contribution is -0.174. The van der Waals surface area contributed by atoms with Crippen LogP contribution in [-0.4, -0.2) is 34.3 Å². The number of carbonyl (C=O) groups excluding carboxylic acids is 2. The topological polar surface area (TPSA) is 78.5 Å². The molecule has 0 spiro atoms. The quantitative estimate of drug-likeness (QED) is 0.434. The molecule has 0 radical (unpaired) electrons. The van der Waals surface area contributed by atoms with Gasteiger partial charge in [-0.25, -0.2) is 8.60 Å². The summed E-state index contributed by atoms with van der Waals surface area (Å²) in [5.41, 5.74) is 3.01. The van der Waals surface area contributed by atoms with E-state index in [9.17, 15) is 31.4 Å². The Balaban J connectivity index is 2.18. The average molecular weight is 431 g/mol. The van der Waals surface area contributed by atoms with Gasteiger partial charge in [-0.2, -0.15) is 13.2 Å². The highest BCUT2D eigenvalue weighted by molar-refractivity contribution is 8.00. The number of anilines is 1. The minimum absolute atomic E-state index is 0.00642. The summed E-state index contributed by atoms with van der Waals surface area (Å²) in [4.78, 5) is 22.5. The number of hydrazine groups is 1. The summed E-state index contributed by atoms with van der Waals surface area (Å²) in [5.74, 6) is -1.05. The molecule has 1 unspecified atom stereocenters. The molecule has 0 saturated carbocycles. The smallest absolute Gasteiger partial charge is 0.295 e. The lowest BCUT2D eigenvalue weighted by Crippen LogP contribution is -2.47. The molecule has 0 aliphatic heterocycles. The fourth-order valence-corrected chi connectivity index (χ4v) is 3.29. The number of rotatable bonds is 5. The highest BCUT2D eigenvalue weighted by Crippen LogP contribution is 2.21. The van der Waals surface area contributed by atoms with E-state index in [0.717, 1.165) is 17.6 Å². The number of benzene rings is 2. The Labute approximate surface area is 164 Å². The van der Waals surface area contributed by atoms with E-state index >= 15 is 0 Å². The first kappa shape index (κ1) is 22.2. The van der Waals surface area contributed by atoms with Crippen LogP contribution in [0, 0.1) is 5.82 Å². The molecule has 0 aromatic heterocycles. The number of hydrogen-bond acceptors (Lipinski definition) is 3. The molecule has 2 aromatic carbocycles. The molecule has 2 amide bonds. The lowest BCUT2D eigenvalue weighted by atomic mass is 10.1. The van der Waals surface area contributed by atoms with Crippen molar-refractivity contribution in [2.24, 2.45) is 0 Å². The highest BCUT2D eigenvalue weighted by atomic mass is 32.2. The third-order valence-electron chi connectivity index (χ3n) is 3.66. The largest absolute Gasteiger partial charge is 0.472 e. The highest BCUT2D eigenvalue weighted by Gasteiger charge is 2.39. The average Bonchev–Trinajstić information content (AvgIpc) is 2.63. The van der Waals surface area contributed by atoms with Gasteiger partial charge in [0.15, 0.2) is 0 Å². The van der Waals surface area contributed by atoms with E-state index in [1.165, 1.54) is 22.1 Å². The van der Waals surface area contributed by atoms with Crippen LogP contribution in [0.1, 0.15) is 15.9 Å². The van der Waals surface area contributed by atoms with Crippen LogP contribution in [0.2, 0.25) is 0 Å². The van der Waals surface area contributed by atoms with Crippen molar-refractivity contribution in [1.29, 1.82) is 0 Å². The molecule has 6 nitrogen and oxygen atoms in total. The van der Waals surface area contributed by atoms with Gasteiger partial charge in [-0.15, -0.1) is 0 Å². The molecular formula is C18H17F4N3O3S. The van der Waals surface area contributed by atoms with Crippen molar-refractivity contribution in [3.05, 3.63) is 65.5 Å². The summed E-state index contributed by atoms with van der Waals surface area (Å²) in [5, 5.41) is 0. The molecule has 29 heavy (non-hydrogen) atoms. The fourth-order valence-electron chi connectivity index (χ4n) is 2.30. The number of hydrogen-bond donors (Lipinski definition) is 2. The molecular weight excluding hydrogens is 414 g/mol. The third-order valence-corrected chi connectivity index (χ3v) is 4.93. The molecule has 0 aliphatic carbocycles. The predicted molar refractivity (Wildman–Crippen MR) is 102 cm³/mol. The maximum Gasteiger partial charge on any atom is 0.472 e. The first-order chi connectivity index (χ1) is 13.4. The molecule has 0 bridgehead atoms. The Kier molecular flexibility index (Phi) is 6.52. The van der Waals surface area contributed by atoms with Crippen molar-refractivity contribution < 1.29 is 31.4 Å². The SMILES string of the molecule is C=S(C)(=O)N(Cc1ccc(C(=O)NNC(=O)C(F)(F)F)c(F)c1)c1ccccc1. The monoisotopic (exact) mass is 431 g/mol. The van der Waals surface area contributed by atoms with E-state index in [1.54, 1.807) is 30.3 Å². The second-order valence-electron chi connectivity index (χ2n) is 6.05. The first-order valence-corrected chi connectivity index (χ1v) is 10.1. The van der Waals surface area contributed by atoms with Crippen LogP contribution >= 0.6 is 0 Å². The number of nitrogens with one attached hydrogen (secondary N) is 2. The molecule has 2 rings (SSSR count). The summed E-state index contributed by atoms with van der Waals surface area (Å²) in [6.07, 6.45) is -3.78. The number of para-hydroxylation sites is 1. The maximum absolute atomic E-state index is 14.3. The Morgan fingerprint density at radius 3 is 2.24 bits per heavy atom. The molecule has 0 saturated heterocycles. The van der Waals surface area contributed by atoms with Crippen molar-refractivity contribution in [3.63, 3.8) is 0 Å². The Bertz CT molecular complexity index is 1010. The van der Waals surface area contributed by atoms with E-state index in [-0.39, 0.29) is 6.54 Å². The Morgan fingerprint density at radius 2 is 1.72 bits per heavy atom. The molecule has 2 aromatic rings. The van der Waals surface area contributed by atoms with Crippen LogP contribution in [0.5, 0.6) is 0 Å². The van der Waals surface area contributed by atoms with E-state index in [0.29, 0.717) is 11.3 Å². The summed E-state index contributed by atoms with van der Waals surface area (Å²) in [7, 11) is -2.71. The van der Waals surface area contributed by atoms with Gasteiger partial charge < -0.3 is 0 Å². The summed E-state index contributed by atoms with van der Waals surface area (Å²) >= 11 is 0. The van der Waals surface area contributed by atoms with Gasteiger partial charge in [0.25, 0.3) is 5.91 Å². The van der Waals surface area contributed by atoms with Crippen LogP contribution in [0.25, 0.3) is 0 Å². The molecule has 0 fully saturated rings. The predicted octanol–water partition coefficient (Wildman–Crippen LogP) is 2.42. The number of carbonyl (C=O) groups is 2. The Hall–Kier alpha value is -3.08. The zero-order valence-electron chi connectivity index (χ0n) is 15.1. The van der Waals surface area contributed by atoms with Gasteiger partial charge in [0, 0.05) is 21.7 Å². The minimum atomic E-state index is -5.20. The van der Waals surface area contributed by atoms with Crippen molar-refractivity contribution in [2.45, 2.75) is 12.7 Å². The van der Waals surface area contributed by atoms with Gasteiger partial charge in [0.2, 0.25) is 0 Å². The maximum atomic E-state index is 14.3. The van der Waals surface area contributed by atoms with E-state index in [2.05, 4.69) is 5.87 Å². The van der Waals surface area contributed by atoms with Gasteiger partial charge >= 0.3 is 12.1 Å². The molecule has 0 heterocycles. The zero-order valence-corrected chi connectivity index (χ0v) is 15.9. The van der Waals surface area contributed by atoms with Crippen LogP contribution in [-0.2, 0) is 21.0 Å². The molecule has 0 aliphatic rings. The van der Waals surface area contributed by atoms with Gasteiger partial charge in [0.05, 0.1) is 12.1 Å². The van der Waals surface area contributed by atoms with E-state index < -0.39 is 39.1 Å². The van der Waals surface area contributed by atoms with Gasteiger partial charge in [-0.1, -0.05) is 24.3 Å². The Morgan fingerprint density at radius 1 is 1.10 bits per heavy atom. The molecule has 1 atom stereocenters. The molecule has 2 N–H and O–H groups in total. The minimum Gasteiger partial charge on any atom is -0.295 e. The summed E-state index contributed by atoms with van der Waals surface area (Å²) in [6.45, 7) is 0.00642. The van der Waals surface area contributed by atoms with Crippen molar-refractivity contribution in [1.82, 2.24) is 10.9 Å². The van der Waals surface area contributed by atoms with Crippen LogP contribution in [0.4, 0.5) is 23.2 Å². The third kappa shape index (κ3) is 5.95. The standard InChI is InChI=1S/C18H17F4N3O3S/c1-29(2,28)25(13-6-4-3-5-7-13)11-12-8-9-14(15(19)10-12)16(26)23-24-17(27)18(20,21)22/h3-10H,1,11H2,2H3,(H,23,26)(H,24,27). The van der Waals surface area contributed by atoms with Gasteiger partial charge in [-0.3, -0.25) is 24.7 Å². The van der Waals surface area contributed by atoms with E-state index in [1.807, 2.05) is 0 Å². The van der Waals surface area contributed by atoms with Crippen molar-refractivity contribution >= 4 is 33.1 Å². The number of amides is 2. The van der Waals surface area contributed by atoms with Crippen LogP contribution in [0.3, 0.4) is 0 Å². The number of halogens is 4. The lowest BCUT2D eigenvalue weighted by Gasteiger charge is -2.26. The van der Waals surface area contributed by atoms with Gasteiger partial charge in [-0.05, 0) is 35.7 Å². The second-order valence-corrected chi connectivity index (χ2v) is 8.41. The zero-order chi connectivity index (χ0) is 21.8. The van der Waals surface area contributed by atoms with Crippen molar-refractivity contribution in [3.8, 4) is 0 Å². The summed E-state index contributed by atoms with van der Waals surface area (Å²) < 4.78 is 64.6. The first-order valence-electron chi connectivity index (χ1n) is 8.00. The number of alkyl halides is 3. The van der Waals surface area contributed by atoms with Crippen LogP contribution in [0.15, 0.2) is 48.5 Å². The van der Waals surface area contributed by atoms with Crippen LogP contribution < -0.4 is 15.2 Å². The van der Waals surface area contributed by atoms with E-state index in [4.69, 9.17) is 0 Å². The fraction of sp³-hybridized carbons (Fsp3) is 0.167. The second kappa shape index (κ2) is 8.52. The van der Waals surface area contributed by atoms with Gasteiger partial charge in [0.1, 0.15) is 5.82 Å². The summed E-state index contributed by atoms with van der Waals surface area (Å²) in [6, 6.07) is 12.0. The molecule has 11 heteroatoms. The van der Waals surface area contributed by atoms with Crippen molar-refractivity contribution in [2.75, 3.05) is 10.6 Å². The normalized spacial score (nSPS) is 13.3.